The number of nitrogens with zero attached hydrogens (tertiary/aromatic N) is 14. The van der Waals surface area contributed by atoms with Gasteiger partial charge in [0.2, 0.25) is 52.0 Å². The summed E-state index contributed by atoms with van der Waals surface area (Å²) in [4.78, 5) is 75.3. The number of hydrogen-bond donors (Lipinski definition) is 8. The van der Waals surface area contributed by atoms with Crippen LogP contribution >= 0.6 is 37.2 Å². The van der Waals surface area contributed by atoms with Crippen LogP contribution < -0.4 is 51.1 Å². The minimum absolute atomic E-state index is 0. The monoisotopic (exact) mass is 1650 g/mol. The van der Waals surface area contributed by atoms with Gasteiger partial charge in [0.15, 0.2) is 0 Å². The highest BCUT2D eigenvalue weighted by molar-refractivity contribution is 7.92. The first kappa shape index (κ1) is 92.5. The zero-order valence-corrected chi connectivity index (χ0v) is 68.1. The van der Waals surface area contributed by atoms with Crippen LogP contribution in [-0.4, -0.2) is 235 Å². The second-order valence-electron chi connectivity index (χ2n) is 27.3. The Kier molecular flexibility index (Phi) is 32.8. The Morgan fingerprint density at radius 1 is 0.514 bits per heavy atom. The number of rotatable bonds is 26. The molecule has 109 heavy (non-hydrogen) atoms. The van der Waals surface area contributed by atoms with Crippen molar-refractivity contribution in [1.82, 2.24) is 49.0 Å². The number of carboxylic acid groups (broad SMARTS) is 2. The van der Waals surface area contributed by atoms with E-state index in [1.807, 2.05) is 21.9 Å². The number of nitrogens with one attached hydrogen (secondary N) is 4. The molecule has 41 heteroatoms. The minimum atomic E-state index is -3.93. The first-order chi connectivity index (χ1) is 49.5. The maximum absolute atomic E-state index is 13.9. The van der Waals surface area contributed by atoms with Gasteiger partial charge in [0.25, 0.3) is 11.8 Å². The Morgan fingerprint density at radius 2 is 0.835 bits per heavy atom. The number of carbonyl (C=O) groups is 4. The number of amides is 4. The highest BCUT2D eigenvalue weighted by atomic mass is 35.5. The second-order valence-corrected chi connectivity index (χ2v) is 35.2. The van der Waals surface area contributed by atoms with Crippen molar-refractivity contribution in [2.45, 2.75) is 101 Å². The summed E-state index contributed by atoms with van der Waals surface area (Å²) in [5.41, 5.74) is 13.6. The summed E-state index contributed by atoms with van der Waals surface area (Å²) in [5, 5.41) is 50.4. The summed E-state index contributed by atoms with van der Waals surface area (Å²) < 4.78 is 109. The predicted molar refractivity (Wildman–Crippen MR) is 423 cm³/mol. The van der Waals surface area contributed by atoms with Crippen molar-refractivity contribution in [3.63, 3.8) is 0 Å². The fraction of sp³-hybridized carbons (Fsp3) is 0.441. The molecular formula is C68H95Cl3N20O14S4. The van der Waals surface area contributed by atoms with Crippen molar-refractivity contribution in [1.29, 1.82) is 10.5 Å². The maximum Gasteiger partial charge on any atom is 0.407 e. The van der Waals surface area contributed by atoms with Crippen molar-refractivity contribution in [2.75, 3.05) is 134 Å². The first-order valence-electron chi connectivity index (χ1n) is 33.3. The van der Waals surface area contributed by atoms with Gasteiger partial charge in [-0.25, -0.2) is 63.2 Å². The normalized spacial score (nSPS) is 13.7. The van der Waals surface area contributed by atoms with Gasteiger partial charge in [-0.15, -0.1) is 37.2 Å². The molecule has 6 aromatic rings. The van der Waals surface area contributed by atoms with Gasteiger partial charge in [0.1, 0.15) is 23.5 Å². The smallest absolute Gasteiger partial charge is 0.407 e. The lowest BCUT2D eigenvalue weighted by molar-refractivity contribution is 0.0708. The van der Waals surface area contributed by atoms with E-state index in [4.69, 9.17) is 11.5 Å². The Morgan fingerprint density at radius 3 is 1.12 bits per heavy atom. The van der Waals surface area contributed by atoms with Crippen LogP contribution in [-0.2, 0) is 53.2 Å². The molecule has 2 fully saturated rings. The van der Waals surface area contributed by atoms with Gasteiger partial charge in [-0.1, -0.05) is 12.1 Å². The molecule has 2 aliphatic rings. The molecule has 8 rings (SSSR count). The number of piperazine rings is 2. The number of anilines is 6. The molecule has 4 amide bonds. The van der Waals surface area contributed by atoms with Gasteiger partial charge < -0.3 is 62.5 Å². The Balaban J connectivity index is 0.000000462. The van der Waals surface area contributed by atoms with E-state index in [2.05, 4.69) is 41.2 Å². The largest absolute Gasteiger partial charge is 0.465 e. The molecule has 0 saturated carbocycles. The topological polar surface area (TPSA) is 471 Å². The van der Waals surface area contributed by atoms with E-state index in [0.29, 0.717) is 85.9 Å². The zero-order chi connectivity index (χ0) is 78.6. The summed E-state index contributed by atoms with van der Waals surface area (Å²) in [6.45, 7) is 16.7. The van der Waals surface area contributed by atoms with Crippen molar-refractivity contribution < 1.29 is 63.1 Å². The summed E-state index contributed by atoms with van der Waals surface area (Å²) >= 11 is 0. The fourth-order valence-electron chi connectivity index (χ4n) is 11.2. The van der Waals surface area contributed by atoms with Gasteiger partial charge in [0.05, 0.1) is 44.8 Å². The quantitative estimate of drug-likeness (QED) is 0.0342. The Hall–Kier alpha value is -8.87. The third-order valence-electron chi connectivity index (χ3n) is 17.4. The number of hydrogen-bond acceptors (Lipinski definition) is 24. The molecule has 0 unspecified atom stereocenters. The Labute approximate surface area is 655 Å². The molecule has 596 valence electrons. The summed E-state index contributed by atoms with van der Waals surface area (Å²) in [5.74, 6) is -0.534. The number of sulfonamides is 4. The molecule has 0 bridgehead atoms. The highest BCUT2D eigenvalue weighted by Gasteiger charge is 2.36. The summed E-state index contributed by atoms with van der Waals surface area (Å²) in [6, 6.07) is 27.1. The average Bonchev–Trinajstić information content (AvgIpc) is 0.736. The van der Waals surface area contributed by atoms with Gasteiger partial charge >= 0.3 is 12.2 Å². The van der Waals surface area contributed by atoms with E-state index in [-0.39, 0.29) is 138 Å². The van der Waals surface area contributed by atoms with E-state index in [1.165, 1.54) is 93.2 Å². The number of nitriles is 2. The first-order valence-corrected chi connectivity index (χ1v) is 39.9. The fourth-order valence-corrected chi connectivity index (χ4v) is 15.1. The molecule has 2 aromatic heterocycles. The van der Waals surface area contributed by atoms with Crippen LogP contribution in [0.4, 0.5) is 44.2 Å². The lowest BCUT2D eigenvalue weighted by atomic mass is 10.0. The van der Waals surface area contributed by atoms with Gasteiger partial charge in [-0.3, -0.25) is 18.2 Å². The van der Waals surface area contributed by atoms with E-state index >= 15 is 0 Å². The molecule has 0 spiro atoms. The third-order valence-corrected chi connectivity index (χ3v) is 23.6. The van der Waals surface area contributed by atoms with Crippen LogP contribution in [0, 0.1) is 36.5 Å². The van der Waals surface area contributed by atoms with E-state index in [1.54, 1.807) is 91.8 Å². The molecule has 0 radical (unpaired) electrons. The highest BCUT2D eigenvalue weighted by Crippen LogP contribution is 2.30. The standard InChI is InChI=1S/C39H54N10O9S2.C29H38N10O5S2.3ClH/c1-26-20-29(22-40)44-35(42-26)46-16-18-47(19-17-46)60(57,58)31-13-11-28(12-14-31)43-34(50)32-21-27(10-15-33(32)45(8)59(9,55)56)23-41-30(24-48(36(51)52)38(2,3)4)25-49(37(53)54)39(5,6)7;1-20-14-23(16-30)36-29(34-20)38-10-12-39(13-11-38)46(43,44)25-7-5-22(6-8-25)35-28(40)26-15-21(19-33-24(17-31)18-32)4-9-27(26)37(2)45(3,41)42;;;/h10-15,20-21,30,41H,16-19,23-25H2,1-9H3,(H,43,50)(H,51,52)(H,53,54);4-9,14-15,24,33H,10-13,17-19,31-32H2,1-3H3,(H,35,40);3*1H. The van der Waals surface area contributed by atoms with Crippen molar-refractivity contribution >= 4 is 136 Å². The van der Waals surface area contributed by atoms with E-state index in [0.717, 1.165) is 21.1 Å². The zero-order valence-electron chi connectivity index (χ0n) is 62.4. The van der Waals surface area contributed by atoms with Gasteiger partial charge in [-0.2, -0.15) is 19.1 Å². The molecule has 0 atom stereocenters. The maximum atomic E-state index is 13.9. The van der Waals surface area contributed by atoms with Gasteiger partial charge in [-0.05, 0) is 151 Å². The van der Waals surface area contributed by atoms with Crippen LogP contribution in [0.25, 0.3) is 0 Å². The number of halogens is 3. The SMILES string of the molecule is Cc1cc(C#N)nc(N2CCN(S(=O)(=O)c3ccc(NC(=O)c4cc(CNC(CN(C(=O)O)C(C)(C)C)CN(C(=O)O)C(C)(C)C)ccc4N(C)S(C)(=O)=O)cc3)CC2)n1.Cc1cc(C#N)nc(N2CCN(S(=O)(=O)c3ccc(NC(=O)c4cc(CNC(CN)CN)ccc4N(C)S(C)(=O)=O)cc3)CC2)n1.Cl.Cl.Cl. The number of aromatic nitrogens is 4. The molecule has 0 aliphatic carbocycles. The lowest BCUT2D eigenvalue weighted by Gasteiger charge is -2.40. The number of carbonyl (C=O) groups excluding carboxylic acids is 2. The van der Waals surface area contributed by atoms with Crippen molar-refractivity contribution in [3.05, 3.63) is 142 Å². The molecule has 4 heterocycles. The number of benzene rings is 4. The molecule has 10 N–H and O–H groups in total. The second kappa shape index (κ2) is 38.7. The van der Waals surface area contributed by atoms with E-state index in [9.17, 15) is 73.6 Å². The lowest BCUT2D eigenvalue weighted by Crippen LogP contribution is -2.57. The van der Waals surface area contributed by atoms with Crippen LogP contribution in [0.3, 0.4) is 0 Å². The molecule has 4 aromatic carbocycles. The molecule has 2 saturated heterocycles. The summed E-state index contributed by atoms with van der Waals surface area (Å²) in [6.07, 6.45) is -0.346. The number of aryl methyl sites for hydroxylation is 2. The van der Waals surface area contributed by atoms with Gasteiger partial charge in [0, 0.05) is 152 Å². The van der Waals surface area contributed by atoms with Crippen molar-refractivity contribution in [3.8, 4) is 12.1 Å². The van der Waals surface area contributed by atoms with Crippen molar-refractivity contribution in [2.24, 2.45) is 11.5 Å². The molecule has 34 nitrogen and oxygen atoms in total. The van der Waals surface area contributed by atoms with E-state index < -0.39 is 81.2 Å². The number of nitrogens with two attached hydrogens (primary N) is 2. The molecular weight excluding hydrogens is 1560 g/mol. The van der Waals surface area contributed by atoms with Crippen LogP contribution in [0.1, 0.15) is 96.2 Å². The van der Waals surface area contributed by atoms with Crippen LogP contribution in [0.15, 0.2) is 107 Å². The average molecular weight is 1650 g/mol. The predicted octanol–water partition coefficient (Wildman–Crippen LogP) is 5.29. The van der Waals surface area contributed by atoms with Crippen LogP contribution in [0.2, 0.25) is 0 Å². The summed E-state index contributed by atoms with van der Waals surface area (Å²) in [7, 11) is -12.6. The van der Waals surface area contributed by atoms with Crippen LogP contribution in [0.5, 0.6) is 0 Å². The Bertz CT molecular complexity index is 4730. The minimum Gasteiger partial charge on any atom is -0.465 e. The molecule has 2 aliphatic heterocycles. The third kappa shape index (κ3) is 24.6.